The normalized spacial score (nSPS) is 12.1. The Balaban J connectivity index is 1.85. The minimum atomic E-state index is -0.836. The summed E-state index contributed by atoms with van der Waals surface area (Å²) in [6, 6.07) is 9.10. The summed E-state index contributed by atoms with van der Waals surface area (Å²) in [4.78, 5) is 14.8. The van der Waals surface area contributed by atoms with Gasteiger partial charge in [0.2, 0.25) is 0 Å². The van der Waals surface area contributed by atoms with Crippen LogP contribution < -0.4 is 15.2 Å². The minimum absolute atomic E-state index is 0.0485. The maximum Gasteiger partial charge on any atom is 0.158 e. The lowest BCUT2D eigenvalue weighted by atomic mass is 9.96. The number of Topliss-reactive ketones (excluding diaryl/α,β-unsaturated/α-hetero) is 1. The van der Waals surface area contributed by atoms with Gasteiger partial charge in [-0.25, -0.2) is 4.39 Å². The third-order valence-electron chi connectivity index (χ3n) is 4.94. The van der Waals surface area contributed by atoms with E-state index in [9.17, 15) is 9.18 Å². The largest absolute Gasteiger partial charge is 0.497 e. The number of aromatic nitrogens is 2. The molecule has 3 aromatic rings. The van der Waals surface area contributed by atoms with Gasteiger partial charge < -0.3 is 20.1 Å². The first kappa shape index (κ1) is 22.5. The maximum absolute atomic E-state index is 14.8. The topological polar surface area (TPSA) is 93.5 Å². The molecule has 1 atom stereocenters. The molecule has 0 saturated heterocycles. The van der Waals surface area contributed by atoms with Crippen molar-refractivity contribution in [2.45, 2.75) is 12.5 Å². The summed E-state index contributed by atoms with van der Waals surface area (Å²) < 4.78 is 25.9. The highest BCUT2D eigenvalue weighted by molar-refractivity contribution is 5.88. The number of hydrogen-bond acceptors (Lipinski definition) is 6. The molecule has 0 amide bonds. The molecule has 0 aliphatic carbocycles. The van der Waals surface area contributed by atoms with Crippen molar-refractivity contribution in [1.29, 1.82) is 0 Å². The van der Waals surface area contributed by atoms with Crippen molar-refractivity contribution < 1.29 is 18.7 Å². The molecule has 164 valence electrons. The Bertz CT molecular complexity index is 1000. The average Bonchev–Trinajstić information content (AvgIpc) is 3.29. The first-order chi connectivity index (χ1) is 14.9. The Kier molecular flexibility index (Phi) is 7.38. The average molecular weight is 426 g/mol. The maximum atomic E-state index is 14.8. The molecule has 3 rings (SSSR count). The second-order valence-electron chi connectivity index (χ2n) is 7.47. The van der Waals surface area contributed by atoms with Gasteiger partial charge in [-0.05, 0) is 43.9 Å². The van der Waals surface area contributed by atoms with Crippen LogP contribution >= 0.6 is 0 Å². The summed E-state index contributed by atoms with van der Waals surface area (Å²) in [7, 11) is 5.44. The number of benzene rings is 2. The number of rotatable bonds is 10. The zero-order valence-electron chi connectivity index (χ0n) is 17.9. The number of methoxy groups -OCH3 is 1. The van der Waals surface area contributed by atoms with Gasteiger partial charge >= 0.3 is 0 Å². The number of nitrogens with one attached hydrogen (secondary N) is 1. The van der Waals surface area contributed by atoms with E-state index in [4.69, 9.17) is 15.2 Å². The Labute approximate surface area is 181 Å². The molecule has 8 heteroatoms. The van der Waals surface area contributed by atoms with E-state index in [1.54, 1.807) is 43.6 Å². The molecule has 0 aliphatic heterocycles. The SMILES string of the molecule is COc1ccc(C(N)C(=O)Cc2cc(F)c(-c3cn[nH]c3)cc2OCCN(C)C)cc1. The van der Waals surface area contributed by atoms with Crippen molar-refractivity contribution in [1.82, 2.24) is 15.1 Å². The lowest BCUT2D eigenvalue weighted by Crippen LogP contribution is -2.24. The van der Waals surface area contributed by atoms with Crippen molar-refractivity contribution in [3.05, 3.63) is 65.7 Å². The molecule has 31 heavy (non-hydrogen) atoms. The van der Waals surface area contributed by atoms with Crippen LogP contribution in [-0.4, -0.2) is 55.2 Å². The third kappa shape index (κ3) is 5.68. The number of ether oxygens (including phenoxy) is 2. The molecule has 2 aromatic carbocycles. The lowest BCUT2D eigenvalue weighted by Gasteiger charge is -2.17. The number of carbonyl (C=O) groups excluding carboxylic acids is 1. The number of hydrogen-bond donors (Lipinski definition) is 2. The molecule has 0 radical (unpaired) electrons. The highest BCUT2D eigenvalue weighted by Gasteiger charge is 2.21. The van der Waals surface area contributed by atoms with E-state index in [1.807, 2.05) is 19.0 Å². The minimum Gasteiger partial charge on any atom is -0.497 e. The van der Waals surface area contributed by atoms with Crippen LogP contribution in [0.25, 0.3) is 11.1 Å². The van der Waals surface area contributed by atoms with Gasteiger partial charge in [-0.1, -0.05) is 12.1 Å². The van der Waals surface area contributed by atoms with Gasteiger partial charge in [0.05, 0.1) is 19.3 Å². The second-order valence-corrected chi connectivity index (χ2v) is 7.47. The van der Waals surface area contributed by atoms with E-state index in [-0.39, 0.29) is 12.2 Å². The van der Waals surface area contributed by atoms with Crippen LogP contribution in [0.1, 0.15) is 17.2 Å². The summed E-state index contributed by atoms with van der Waals surface area (Å²) in [6.45, 7) is 1.08. The van der Waals surface area contributed by atoms with Crippen molar-refractivity contribution in [2.24, 2.45) is 5.73 Å². The Morgan fingerprint density at radius 1 is 1.26 bits per heavy atom. The van der Waals surface area contributed by atoms with Gasteiger partial charge in [0.1, 0.15) is 23.9 Å². The van der Waals surface area contributed by atoms with E-state index in [1.165, 1.54) is 12.3 Å². The standard InChI is InChI=1S/C23H27FN4O3/c1-28(2)8-9-31-22-12-19(17-13-26-27-14-17)20(24)10-16(22)11-21(29)23(25)15-4-6-18(30-3)7-5-15/h4-7,10,12-14,23H,8-9,11,25H2,1-3H3,(H,26,27). The summed E-state index contributed by atoms with van der Waals surface area (Å²) in [5, 5.41) is 6.55. The van der Waals surface area contributed by atoms with Crippen molar-refractivity contribution in [3.8, 4) is 22.6 Å². The Hall–Kier alpha value is -3.23. The van der Waals surface area contributed by atoms with Crippen LogP contribution in [-0.2, 0) is 11.2 Å². The van der Waals surface area contributed by atoms with Crippen molar-refractivity contribution >= 4 is 5.78 Å². The molecule has 0 bridgehead atoms. The smallest absolute Gasteiger partial charge is 0.158 e. The molecular weight excluding hydrogens is 399 g/mol. The number of likely N-dealkylation sites (N-methyl/N-ethyl adjacent to an activating group) is 1. The summed E-state index contributed by atoms with van der Waals surface area (Å²) in [6.07, 6.45) is 3.09. The van der Waals surface area contributed by atoms with Crippen molar-refractivity contribution in [2.75, 3.05) is 34.4 Å². The number of halogens is 1. The predicted octanol–water partition coefficient (Wildman–Crippen LogP) is 2.98. The van der Waals surface area contributed by atoms with E-state index >= 15 is 0 Å². The number of aromatic amines is 1. The number of ketones is 1. The fraction of sp³-hybridized carbons (Fsp3) is 0.304. The van der Waals surface area contributed by atoms with Crippen LogP contribution in [0.2, 0.25) is 0 Å². The van der Waals surface area contributed by atoms with Gasteiger partial charge in [0.15, 0.2) is 5.78 Å². The quantitative estimate of drug-likeness (QED) is 0.518. The number of carbonyl (C=O) groups is 1. The fourth-order valence-electron chi connectivity index (χ4n) is 3.12. The molecule has 0 spiro atoms. The predicted molar refractivity (Wildman–Crippen MR) is 117 cm³/mol. The molecular formula is C23H27FN4O3. The van der Waals surface area contributed by atoms with Gasteiger partial charge in [-0.15, -0.1) is 0 Å². The van der Waals surface area contributed by atoms with Gasteiger partial charge in [0, 0.05) is 35.9 Å². The first-order valence-electron chi connectivity index (χ1n) is 9.90. The Morgan fingerprint density at radius 3 is 2.61 bits per heavy atom. The van der Waals surface area contributed by atoms with Gasteiger partial charge in [-0.3, -0.25) is 9.89 Å². The second kappa shape index (κ2) is 10.2. The molecule has 3 N–H and O–H groups in total. The number of H-pyrrole nitrogens is 1. The molecule has 1 unspecified atom stereocenters. The molecule has 7 nitrogen and oxygen atoms in total. The number of nitrogens with zero attached hydrogens (tertiary/aromatic N) is 2. The summed E-state index contributed by atoms with van der Waals surface area (Å²) >= 11 is 0. The monoisotopic (exact) mass is 426 g/mol. The van der Waals surface area contributed by atoms with E-state index in [0.29, 0.717) is 46.9 Å². The van der Waals surface area contributed by atoms with Crippen molar-refractivity contribution in [3.63, 3.8) is 0 Å². The van der Waals surface area contributed by atoms with Crippen LogP contribution in [0.4, 0.5) is 4.39 Å². The van der Waals surface area contributed by atoms with E-state index in [2.05, 4.69) is 10.2 Å². The van der Waals surface area contributed by atoms with E-state index < -0.39 is 11.9 Å². The van der Waals surface area contributed by atoms with Crippen LogP contribution in [0, 0.1) is 5.82 Å². The number of nitrogens with two attached hydrogens (primary N) is 1. The van der Waals surface area contributed by atoms with Crippen LogP contribution in [0.5, 0.6) is 11.5 Å². The van der Waals surface area contributed by atoms with E-state index in [0.717, 1.165) is 0 Å². The zero-order valence-corrected chi connectivity index (χ0v) is 17.9. The highest BCUT2D eigenvalue weighted by atomic mass is 19.1. The van der Waals surface area contributed by atoms with Crippen LogP contribution in [0.3, 0.4) is 0 Å². The first-order valence-corrected chi connectivity index (χ1v) is 9.90. The molecule has 1 aromatic heterocycles. The summed E-state index contributed by atoms with van der Waals surface area (Å²) in [5.41, 5.74) is 8.24. The molecule has 1 heterocycles. The molecule has 0 saturated carbocycles. The highest BCUT2D eigenvalue weighted by Crippen LogP contribution is 2.31. The molecule has 0 fully saturated rings. The molecule has 0 aliphatic rings. The Morgan fingerprint density at radius 2 is 2.00 bits per heavy atom. The summed E-state index contributed by atoms with van der Waals surface area (Å²) in [5.74, 6) is 0.437. The van der Waals surface area contributed by atoms with Crippen LogP contribution in [0.15, 0.2) is 48.8 Å². The zero-order chi connectivity index (χ0) is 22.4. The fourth-order valence-corrected chi connectivity index (χ4v) is 3.12. The van der Waals surface area contributed by atoms with Gasteiger partial charge in [-0.2, -0.15) is 5.10 Å². The van der Waals surface area contributed by atoms with Gasteiger partial charge in [0.25, 0.3) is 0 Å². The lowest BCUT2D eigenvalue weighted by molar-refractivity contribution is -0.119. The third-order valence-corrected chi connectivity index (χ3v) is 4.94.